The first kappa shape index (κ1) is 18.9. The van der Waals surface area contributed by atoms with Gasteiger partial charge in [-0.1, -0.05) is 11.6 Å². The molecule has 148 valence electrons. The van der Waals surface area contributed by atoms with Crippen LogP contribution in [0.5, 0.6) is 0 Å². The maximum absolute atomic E-state index is 9.92. The molecule has 0 radical (unpaired) electrons. The SMILES string of the molecule is CNc1nccc(-c2n[nH]c3nc(N4CCC(C)(N)CC4)c(CO)nc23)c1Cl. The number of aliphatic hydroxyl groups is 1. The third-order valence-corrected chi connectivity index (χ3v) is 5.56. The lowest BCUT2D eigenvalue weighted by atomic mass is 9.91. The molecular weight excluding hydrogens is 380 g/mol. The molecule has 1 aliphatic rings. The Balaban J connectivity index is 1.78. The summed E-state index contributed by atoms with van der Waals surface area (Å²) in [6, 6.07) is 1.78. The highest BCUT2D eigenvalue weighted by Crippen LogP contribution is 2.35. The van der Waals surface area contributed by atoms with Crippen LogP contribution < -0.4 is 16.0 Å². The zero-order valence-electron chi connectivity index (χ0n) is 15.8. The molecule has 0 aromatic carbocycles. The van der Waals surface area contributed by atoms with Crippen LogP contribution in [0.4, 0.5) is 11.6 Å². The number of piperidine rings is 1. The summed E-state index contributed by atoms with van der Waals surface area (Å²) >= 11 is 6.46. The van der Waals surface area contributed by atoms with E-state index in [-0.39, 0.29) is 12.1 Å². The number of aromatic nitrogens is 5. The summed E-state index contributed by atoms with van der Waals surface area (Å²) in [5.41, 5.74) is 8.94. The molecule has 0 bridgehead atoms. The van der Waals surface area contributed by atoms with Gasteiger partial charge in [0.1, 0.15) is 22.7 Å². The second-order valence-corrected chi connectivity index (χ2v) is 7.71. The van der Waals surface area contributed by atoms with E-state index in [1.165, 1.54) is 0 Å². The van der Waals surface area contributed by atoms with Gasteiger partial charge in [-0.25, -0.2) is 15.0 Å². The van der Waals surface area contributed by atoms with Crippen LogP contribution in [0.15, 0.2) is 12.3 Å². The largest absolute Gasteiger partial charge is 0.390 e. The van der Waals surface area contributed by atoms with E-state index >= 15 is 0 Å². The zero-order valence-corrected chi connectivity index (χ0v) is 16.6. The third-order valence-electron chi connectivity index (χ3n) is 5.18. The smallest absolute Gasteiger partial charge is 0.177 e. The topological polar surface area (TPSA) is 129 Å². The van der Waals surface area contributed by atoms with Gasteiger partial charge in [0.05, 0.1) is 11.6 Å². The number of nitrogens with zero attached hydrogens (tertiary/aromatic N) is 5. The van der Waals surface area contributed by atoms with Gasteiger partial charge in [0.2, 0.25) is 0 Å². The van der Waals surface area contributed by atoms with Crippen molar-refractivity contribution in [3.05, 3.63) is 23.0 Å². The average molecular weight is 403 g/mol. The van der Waals surface area contributed by atoms with Gasteiger partial charge in [-0.3, -0.25) is 5.10 Å². The predicted molar refractivity (Wildman–Crippen MR) is 109 cm³/mol. The number of halogens is 1. The van der Waals surface area contributed by atoms with Crippen LogP contribution in [0.2, 0.25) is 5.02 Å². The Labute approximate surface area is 167 Å². The molecule has 0 spiro atoms. The van der Waals surface area contributed by atoms with Gasteiger partial charge in [0.25, 0.3) is 0 Å². The maximum Gasteiger partial charge on any atom is 0.177 e. The number of rotatable bonds is 4. The molecule has 3 aromatic rings. The van der Waals surface area contributed by atoms with E-state index < -0.39 is 0 Å². The average Bonchev–Trinajstić information content (AvgIpc) is 3.10. The normalized spacial score (nSPS) is 16.5. The number of hydrogen-bond donors (Lipinski definition) is 4. The van der Waals surface area contributed by atoms with Crippen LogP contribution >= 0.6 is 11.6 Å². The first-order valence-corrected chi connectivity index (χ1v) is 9.53. The molecule has 28 heavy (non-hydrogen) atoms. The van der Waals surface area contributed by atoms with Gasteiger partial charge >= 0.3 is 0 Å². The van der Waals surface area contributed by atoms with Gasteiger partial charge in [-0.15, -0.1) is 0 Å². The van der Waals surface area contributed by atoms with Crippen molar-refractivity contribution in [2.75, 3.05) is 30.4 Å². The highest BCUT2D eigenvalue weighted by Gasteiger charge is 2.28. The summed E-state index contributed by atoms with van der Waals surface area (Å²) in [6.07, 6.45) is 3.36. The van der Waals surface area contributed by atoms with Crippen molar-refractivity contribution >= 4 is 34.4 Å². The Kier molecular flexibility index (Phi) is 4.82. The molecule has 4 rings (SSSR count). The minimum absolute atomic E-state index is 0.169. The Bertz CT molecular complexity index is 1010. The number of H-pyrrole nitrogens is 1. The number of aliphatic hydroxyl groups excluding tert-OH is 1. The number of anilines is 2. The van der Waals surface area contributed by atoms with Gasteiger partial charge < -0.3 is 21.1 Å². The number of nitrogens with one attached hydrogen (secondary N) is 2. The van der Waals surface area contributed by atoms with Crippen molar-refractivity contribution in [2.24, 2.45) is 5.73 Å². The van der Waals surface area contributed by atoms with E-state index in [0.29, 0.717) is 44.8 Å². The Morgan fingerprint density at radius 3 is 2.79 bits per heavy atom. The fourth-order valence-electron chi connectivity index (χ4n) is 3.44. The summed E-state index contributed by atoms with van der Waals surface area (Å²) in [5, 5.41) is 20.6. The highest BCUT2D eigenvalue weighted by atomic mass is 35.5. The molecule has 3 aromatic heterocycles. The van der Waals surface area contributed by atoms with Crippen LogP contribution in [-0.4, -0.2) is 55.9 Å². The van der Waals surface area contributed by atoms with Gasteiger partial charge in [0.15, 0.2) is 11.5 Å². The zero-order chi connectivity index (χ0) is 19.9. The molecule has 4 heterocycles. The van der Waals surface area contributed by atoms with Crippen molar-refractivity contribution in [2.45, 2.75) is 31.9 Å². The van der Waals surface area contributed by atoms with E-state index in [9.17, 15) is 5.11 Å². The minimum Gasteiger partial charge on any atom is -0.390 e. The highest BCUT2D eigenvalue weighted by molar-refractivity contribution is 6.35. The third kappa shape index (κ3) is 3.25. The quantitative estimate of drug-likeness (QED) is 0.521. The lowest BCUT2D eigenvalue weighted by Crippen LogP contribution is -2.48. The van der Waals surface area contributed by atoms with Crippen LogP contribution in [0.3, 0.4) is 0 Å². The first-order chi connectivity index (χ1) is 13.4. The van der Waals surface area contributed by atoms with Crippen molar-refractivity contribution < 1.29 is 5.11 Å². The van der Waals surface area contributed by atoms with Crippen LogP contribution in [-0.2, 0) is 6.61 Å². The summed E-state index contributed by atoms with van der Waals surface area (Å²) in [7, 11) is 1.75. The molecular formula is C18H23ClN8O. The number of aromatic amines is 1. The fourth-order valence-corrected chi connectivity index (χ4v) is 3.74. The van der Waals surface area contributed by atoms with Gasteiger partial charge in [0, 0.05) is 37.4 Å². The molecule has 1 aliphatic heterocycles. The summed E-state index contributed by atoms with van der Waals surface area (Å²) in [5.74, 6) is 1.22. The lowest BCUT2D eigenvalue weighted by Gasteiger charge is -2.37. The molecule has 1 fully saturated rings. The van der Waals surface area contributed by atoms with Crippen molar-refractivity contribution in [3.63, 3.8) is 0 Å². The molecule has 0 saturated carbocycles. The first-order valence-electron chi connectivity index (χ1n) is 9.16. The summed E-state index contributed by atoms with van der Waals surface area (Å²) in [6.45, 7) is 3.38. The monoisotopic (exact) mass is 402 g/mol. The number of pyridine rings is 1. The van der Waals surface area contributed by atoms with E-state index in [1.54, 1.807) is 19.3 Å². The van der Waals surface area contributed by atoms with Crippen LogP contribution in [0, 0.1) is 0 Å². The Hall–Kier alpha value is -2.49. The number of hydrogen-bond acceptors (Lipinski definition) is 8. The Morgan fingerprint density at radius 2 is 2.11 bits per heavy atom. The number of fused-ring (bicyclic) bond motifs is 1. The molecule has 1 saturated heterocycles. The van der Waals surface area contributed by atoms with Gasteiger partial charge in [-0.2, -0.15) is 5.10 Å². The van der Waals surface area contributed by atoms with Crippen LogP contribution in [0.1, 0.15) is 25.5 Å². The molecule has 0 unspecified atom stereocenters. The van der Waals surface area contributed by atoms with Crippen molar-refractivity contribution in [1.82, 2.24) is 25.1 Å². The second-order valence-electron chi connectivity index (χ2n) is 7.33. The molecule has 0 atom stereocenters. The van der Waals surface area contributed by atoms with E-state index in [0.717, 1.165) is 25.9 Å². The Morgan fingerprint density at radius 1 is 1.36 bits per heavy atom. The second kappa shape index (κ2) is 7.16. The van der Waals surface area contributed by atoms with Crippen molar-refractivity contribution in [1.29, 1.82) is 0 Å². The molecule has 10 heteroatoms. The molecule has 5 N–H and O–H groups in total. The van der Waals surface area contributed by atoms with Crippen molar-refractivity contribution in [3.8, 4) is 11.3 Å². The van der Waals surface area contributed by atoms with E-state index in [4.69, 9.17) is 22.3 Å². The van der Waals surface area contributed by atoms with Gasteiger partial charge in [-0.05, 0) is 25.8 Å². The lowest BCUT2D eigenvalue weighted by molar-refractivity contribution is 0.276. The van der Waals surface area contributed by atoms with Crippen LogP contribution in [0.25, 0.3) is 22.4 Å². The number of nitrogens with two attached hydrogens (primary N) is 1. The molecule has 9 nitrogen and oxygen atoms in total. The fraction of sp³-hybridized carbons (Fsp3) is 0.444. The standard InChI is InChI=1S/C18H23ClN8O/c1-18(20)4-7-27(8-5-18)17-11(9-28)23-14-13(25-26-16(14)24-17)10-3-6-22-15(21-2)12(10)19/h3,6,28H,4-5,7-9,20H2,1-2H3,(H,21,22)(H,24,25,26). The molecule has 0 amide bonds. The minimum atomic E-state index is -0.217. The maximum atomic E-state index is 9.92. The predicted octanol–water partition coefficient (Wildman–Crippen LogP) is 1.92. The molecule has 0 aliphatic carbocycles. The van der Waals surface area contributed by atoms with E-state index in [2.05, 4.69) is 37.3 Å². The van der Waals surface area contributed by atoms with E-state index in [1.807, 2.05) is 0 Å². The summed E-state index contributed by atoms with van der Waals surface area (Å²) < 4.78 is 0. The summed E-state index contributed by atoms with van der Waals surface area (Å²) in [4.78, 5) is 15.7.